The van der Waals surface area contributed by atoms with Crippen LogP contribution in [0.3, 0.4) is 0 Å². The van der Waals surface area contributed by atoms with Crippen molar-refractivity contribution in [2.75, 3.05) is 23.8 Å². The number of hydrazine groups is 1. The molecule has 0 unspecified atom stereocenters. The van der Waals surface area contributed by atoms with Gasteiger partial charge in [-0.2, -0.15) is 4.98 Å². The van der Waals surface area contributed by atoms with Crippen molar-refractivity contribution in [3.05, 3.63) is 11.4 Å². The minimum absolute atomic E-state index is 0.442. The summed E-state index contributed by atoms with van der Waals surface area (Å²) in [5.41, 5.74) is 2.52. The molecule has 116 valence electrons. The fourth-order valence-corrected chi connectivity index (χ4v) is 3.23. The van der Waals surface area contributed by atoms with Gasteiger partial charge in [0.15, 0.2) is 0 Å². The van der Waals surface area contributed by atoms with Crippen molar-refractivity contribution in [3.63, 3.8) is 0 Å². The Morgan fingerprint density at radius 3 is 2.57 bits per heavy atom. The Labute approximate surface area is 129 Å². The molecule has 0 radical (unpaired) electrons. The quantitative estimate of drug-likeness (QED) is 0.539. The molecule has 2 rings (SSSR count). The zero-order valence-corrected chi connectivity index (χ0v) is 13.9. The predicted molar refractivity (Wildman–Crippen MR) is 90.7 cm³/mol. The molecule has 0 aliphatic carbocycles. The van der Waals surface area contributed by atoms with Crippen LogP contribution in [0, 0.1) is 0 Å². The Morgan fingerprint density at radius 1 is 1.24 bits per heavy atom. The van der Waals surface area contributed by atoms with E-state index in [1.54, 1.807) is 11.3 Å². The summed E-state index contributed by atoms with van der Waals surface area (Å²) in [7, 11) is 0. The van der Waals surface area contributed by atoms with E-state index < -0.39 is 0 Å². The van der Waals surface area contributed by atoms with E-state index in [2.05, 4.69) is 53.3 Å². The third kappa shape index (κ3) is 3.81. The Morgan fingerprint density at radius 2 is 1.95 bits per heavy atom. The lowest BCUT2D eigenvalue weighted by molar-refractivity contribution is 0.182. The molecule has 2 heterocycles. The fraction of sp³-hybridized carbons (Fsp3) is 0.571. The van der Waals surface area contributed by atoms with Crippen LogP contribution in [0.2, 0.25) is 0 Å². The third-order valence-electron chi connectivity index (χ3n) is 3.44. The van der Waals surface area contributed by atoms with E-state index in [9.17, 15) is 0 Å². The molecule has 0 saturated carbocycles. The van der Waals surface area contributed by atoms with Crippen LogP contribution in [-0.2, 0) is 0 Å². The van der Waals surface area contributed by atoms with Crippen LogP contribution >= 0.6 is 11.3 Å². The highest BCUT2D eigenvalue weighted by Gasteiger charge is 2.13. The summed E-state index contributed by atoms with van der Waals surface area (Å²) in [5, 5.41) is 6.46. The Hall–Kier alpha value is -1.44. The van der Waals surface area contributed by atoms with Crippen molar-refractivity contribution >= 4 is 33.3 Å². The molecule has 2 aromatic rings. The van der Waals surface area contributed by atoms with Gasteiger partial charge in [-0.3, -0.25) is 10.3 Å². The first-order valence-corrected chi connectivity index (χ1v) is 8.12. The maximum Gasteiger partial charge on any atom is 0.240 e. The molecule has 0 atom stereocenters. The van der Waals surface area contributed by atoms with Crippen molar-refractivity contribution in [2.24, 2.45) is 5.84 Å². The van der Waals surface area contributed by atoms with E-state index in [1.165, 1.54) is 0 Å². The largest absolute Gasteiger partial charge is 0.368 e. The lowest BCUT2D eigenvalue weighted by atomic mass is 10.2. The topological polar surface area (TPSA) is 79.1 Å². The Kier molecular flexibility index (Phi) is 5.33. The van der Waals surface area contributed by atoms with Crippen molar-refractivity contribution in [3.8, 4) is 0 Å². The molecule has 0 spiro atoms. The van der Waals surface area contributed by atoms with Gasteiger partial charge in [0.25, 0.3) is 0 Å². The maximum atomic E-state index is 5.43. The fourth-order valence-electron chi connectivity index (χ4n) is 2.47. The standard InChI is InChI=1S/C14H24N6S/c1-9(2)20(10(3)4)7-6-16-12-11-5-8-21-13(11)18-14(17-12)19-15/h5,8-10H,6-7,15H2,1-4H3,(H2,16,17,18,19). The van der Waals surface area contributed by atoms with E-state index >= 15 is 0 Å². The van der Waals surface area contributed by atoms with E-state index in [1.807, 2.05) is 11.4 Å². The highest BCUT2D eigenvalue weighted by molar-refractivity contribution is 7.16. The number of nitrogens with one attached hydrogen (secondary N) is 2. The van der Waals surface area contributed by atoms with Gasteiger partial charge < -0.3 is 5.32 Å². The zero-order chi connectivity index (χ0) is 15.4. The van der Waals surface area contributed by atoms with E-state index in [-0.39, 0.29) is 0 Å². The summed E-state index contributed by atoms with van der Waals surface area (Å²) in [6.45, 7) is 10.7. The average molecular weight is 308 g/mol. The number of anilines is 2. The van der Waals surface area contributed by atoms with Gasteiger partial charge in [0.1, 0.15) is 10.6 Å². The van der Waals surface area contributed by atoms with Gasteiger partial charge in [-0.15, -0.1) is 11.3 Å². The molecule has 6 nitrogen and oxygen atoms in total. The van der Waals surface area contributed by atoms with Crippen LogP contribution in [0.1, 0.15) is 27.7 Å². The number of thiophene rings is 1. The molecule has 0 saturated heterocycles. The Balaban J connectivity index is 2.07. The second kappa shape index (κ2) is 7.02. The van der Waals surface area contributed by atoms with E-state index in [0.29, 0.717) is 18.0 Å². The lowest BCUT2D eigenvalue weighted by Gasteiger charge is -2.30. The van der Waals surface area contributed by atoms with Crippen LogP contribution < -0.4 is 16.6 Å². The molecule has 0 aliphatic rings. The number of fused-ring (bicyclic) bond motifs is 1. The number of rotatable bonds is 7. The molecule has 0 bridgehead atoms. The van der Waals surface area contributed by atoms with Gasteiger partial charge in [0.05, 0.1) is 5.39 Å². The monoisotopic (exact) mass is 308 g/mol. The highest BCUT2D eigenvalue weighted by atomic mass is 32.1. The molecule has 0 amide bonds. The van der Waals surface area contributed by atoms with Crippen LogP contribution in [0.15, 0.2) is 11.4 Å². The molecule has 2 aromatic heterocycles. The smallest absolute Gasteiger partial charge is 0.240 e. The number of nitrogen functional groups attached to an aromatic ring is 1. The average Bonchev–Trinajstić information content (AvgIpc) is 2.90. The molecule has 21 heavy (non-hydrogen) atoms. The first-order valence-electron chi connectivity index (χ1n) is 7.24. The van der Waals surface area contributed by atoms with Crippen molar-refractivity contribution < 1.29 is 0 Å². The summed E-state index contributed by atoms with van der Waals surface area (Å²) in [5.74, 6) is 6.71. The minimum atomic E-state index is 0.442. The van der Waals surface area contributed by atoms with Gasteiger partial charge in [0, 0.05) is 25.2 Å². The van der Waals surface area contributed by atoms with Crippen molar-refractivity contribution in [1.29, 1.82) is 0 Å². The SMILES string of the molecule is CC(C)N(CCNc1nc(NN)nc2sccc12)C(C)C. The van der Waals surface area contributed by atoms with Crippen molar-refractivity contribution in [1.82, 2.24) is 14.9 Å². The molecule has 0 aliphatic heterocycles. The second-order valence-corrected chi connectivity index (χ2v) is 6.43. The maximum absolute atomic E-state index is 5.43. The van der Waals surface area contributed by atoms with Gasteiger partial charge >= 0.3 is 0 Å². The summed E-state index contributed by atoms with van der Waals surface area (Å²) < 4.78 is 0. The van der Waals surface area contributed by atoms with Gasteiger partial charge in [-0.1, -0.05) is 0 Å². The molecular formula is C14H24N6S. The molecule has 0 aromatic carbocycles. The second-order valence-electron chi connectivity index (χ2n) is 5.53. The molecular weight excluding hydrogens is 284 g/mol. The van der Waals surface area contributed by atoms with Crippen LogP contribution in [0.4, 0.5) is 11.8 Å². The summed E-state index contributed by atoms with van der Waals surface area (Å²) >= 11 is 1.58. The van der Waals surface area contributed by atoms with Crippen molar-refractivity contribution in [2.45, 2.75) is 39.8 Å². The van der Waals surface area contributed by atoms with Gasteiger partial charge in [-0.25, -0.2) is 10.8 Å². The first kappa shape index (κ1) is 15.9. The number of hydrogen-bond donors (Lipinski definition) is 3. The molecule has 0 fully saturated rings. The normalized spacial score (nSPS) is 11.8. The lowest BCUT2D eigenvalue weighted by Crippen LogP contribution is -2.40. The van der Waals surface area contributed by atoms with Crippen LogP contribution in [0.5, 0.6) is 0 Å². The number of nitrogens with zero attached hydrogens (tertiary/aromatic N) is 3. The third-order valence-corrected chi connectivity index (χ3v) is 4.25. The molecule has 7 heteroatoms. The van der Waals surface area contributed by atoms with E-state index in [4.69, 9.17) is 5.84 Å². The Bertz CT molecular complexity index is 572. The molecule has 4 N–H and O–H groups in total. The summed E-state index contributed by atoms with van der Waals surface area (Å²) in [6, 6.07) is 3.09. The van der Waals surface area contributed by atoms with Crippen LogP contribution in [0.25, 0.3) is 10.2 Å². The van der Waals surface area contributed by atoms with E-state index in [0.717, 1.165) is 29.1 Å². The van der Waals surface area contributed by atoms with Gasteiger partial charge in [0.2, 0.25) is 5.95 Å². The van der Waals surface area contributed by atoms with Crippen LogP contribution in [-0.4, -0.2) is 40.0 Å². The summed E-state index contributed by atoms with van der Waals surface area (Å²) in [6.07, 6.45) is 0. The van der Waals surface area contributed by atoms with Gasteiger partial charge in [-0.05, 0) is 39.1 Å². The number of nitrogens with two attached hydrogens (primary N) is 1. The number of hydrogen-bond acceptors (Lipinski definition) is 7. The minimum Gasteiger partial charge on any atom is -0.368 e. The highest BCUT2D eigenvalue weighted by Crippen LogP contribution is 2.26. The zero-order valence-electron chi connectivity index (χ0n) is 13.1. The predicted octanol–water partition coefficient (Wildman–Crippen LogP) is 2.51. The number of aromatic nitrogens is 2. The first-order chi connectivity index (χ1) is 10.0. The summed E-state index contributed by atoms with van der Waals surface area (Å²) in [4.78, 5) is 12.1.